The Morgan fingerprint density at radius 2 is 2.29 bits per heavy atom. The normalized spacial score (nSPS) is 24.6. The Kier molecular flexibility index (Phi) is 3.84. The van der Waals surface area contributed by atoms with Crippen LogP contribution in [0.3, 0.4) is 0 Å². The van der Waals surface area contributed by atoms with Crippen LogP contribution in [0, 0.1) is 0 Å². The van der Waals surface area contributed by atoms with Gasteiger partial charge in [0, 0.05) is 12.7 Å². The van der Waals surface area contributed by atoms with Gasteiger partial charge < -0.3 is 15.0 Å². The molecule has 4 nitrogen and oxygen atoms in total. The van der Waals surface area contributed by atoms with Crippen LogP contribution in [0.4, 0.5) is 0 Å². The van der Waals surface area contributed by atoms with E-state index in [4.69, 9.17) is 0 Å². The van der Waals surface area contributed by atoms with Gasteiger partial charge in [0.25, 0.3) is 5.91 Å². The van der Waals surface area contributed by atoms with Crippen LogP contribution in [0.2, 0.25) is 0 Å². The number of aliphatic hydroxyl groups is 1. The maximum Gasteiger partial charge on any atom is 0.268 e. The molecule has 1 fully saturated rings. The summed E-state index contributed by atoms with van der Waals surface area (Å²) in [6.07, 6.45) is 5.30. The molecule has 1 aliphatic rings. The quantitative estimate of drug-likeness (QED) is 0.836. The Bertz CT molecular complexity index is 387. The lowest BCUT2D eigenvalue weighted by Gasteiger charge is -2.28. The molecule has 0 saturated heterocycles. The molecule has 2 rings (SSSR count). The number of aryl methyl sites for hydroxylation is 1. The number of carbonyl (C=O) groups is 1. The van der Waals surface area contributed by atoms with Gasteiger partial charge in [-0.05, 0) is 31.9 Å². The summed E-state index contributed by atoms with van der Waals surface area (Å²) in [6.45, 7) is 2.79. The Hall–Kier alpha value is -1.29. The number of aliphatic hydroxyl groups excluding tert-OH is 1. The van der Waals surface area contributed by atoms with Gasteiger partial charge in [-0.15, -0.1) is 0 Å². The average Bonchev–Trinajstić information content (AvgIpc) is 2.80. The van der Waals surface area contributed by atoms with Crippen molar-refractivity contribution in [1.29, 1.82) is 0 Å². The minimum absolute atomic E-state index is 0.0807. The molecule has 0 bridgehead atoms. The van der Waals surface area contributed by atoms with Gasteiger partial charge in [0.2, 0.25) is 0 Å². The third kappa shape index (κ3) is 2.69. The summed E-state index contributed by atoms with van der Waals surface area (Å²) in [5.74, 6) is -0.0807. The van der Waals surface area contributed by atoms with Crippen molar-refractivity contribution in [2.45, 2.75) is 51.3 Å². The monoisotopic (exact) mass is 236 g/mol. The van der Waals surface area contributed by atoms with Crippen LogP contribution in [0.15, 0.2) is 18.3 Å². The lowest BCUT2D eigenvalue weighted by molar-refractivity contribution is 0.0711. The molecule has 1 aromatic heterocycles. The first-order valence-electron chi connectivity index (χ1n) is 6.36. The van der Waals surface area contributed by atoms with E-state index in [1.807, 2.05) is 29.8 Å². The minimum atomic E-state index is -0.391. The zero-order valence-electron chi connectivity index (χ0n) is 10.2. The van der Waals surface area contributed by atoms with Crippen LogP contribution in [-0.2, 0) is 6.54 Å². The van der Waals surface area contributed by atoms with E-state index in [9.17, 15) is 9.90 Å². The highest BCUT2D eigenvalue weighted by Gasteiger charge is 2.25. The van der Waals surface area contributed by atoms with E-state index in [2.05, 4.69) is 5.32 Å². The number of rotatable bonds is 3. The molecule has 2 atom stereocenters. The summed E-state index contributed by atoms with van der Waals surface area (Å²) < 4.78 is 1.91. The second-order valence-electron chi connectivity index (χ2n) is 4.61. The van der Waals surface area contributed by atoms with Crippen molar-refractivity contribution in [3.05, 3.63) is 24.0 Å². The van der Waals surface area contributed by atoms with Crippen LogP contribution >= 0.6 is 0 Å². The third-order valence-corrected chi connectivity index (χ3v) is 3.45. The lowest BCUT2D eigenvalue weighted by atomic mass is 9.92. The highest BCUT2D eigenvalue weighted by atomic mass is 16.3. The number of hydrogen-bond acceptors (Lipinski definition) is 2. The first kappa shape index (κ1) is 12.2. The van der Waals surface area contributed by atoms with Gasteiger partial charge in [-0.3, -0.25) is 4.79 Å². The number of nitrogens with one attached hydrogen (secondary N) is 1. The molecule has 0 aliphatic heterocycles. The van der Waals surface area contributed by atoms with E-state index in [1.165, 1.54) is 0 Å². The van der Waals surface area contributed by atoms with Crippen molar-refractivity contribution < 1.29 is 9.90 Å². The SMILES string of the molecule is CCn1cccc1C(=O)N[C@@H]1CCCC[C@H]1O. The minimum Gasteiger partial charge on any atom is -0.391 e. The maximum absolute atomic E-state index is 12.1. The Balaban J connectivity index is 2.01. The first-order chi connectivity index (χ1) is 8.22. The standard InChI is InChI=1S/C13H20N2O2/c1-2-15-9-5-7-11(15)13(17)14-10-6-3-4-8-12(10)16/h5,7,9-10,12,16H,2-4,6,8H2,1H3,(H,14,17)/t10-,12-/m1/s1. The van der Waals surface area contributed by atoms with E-state index in [0.29, 0.717) is 5.69 Å². The van der Waals surface area contributed by atoms with Crippen LogP contribution in [0.5, 0.6) is 0 Å². The number of amides is 1. The van der Waals surface area contributed by atoms with Crippen molar-refractivity contribution in [1.82, 2.24) is 9.88 Å². The van der Waals surface area contributed by atoms with E-state index >= 15 is 0 Å². The number of aromatic nitrogens is 1. The fourth-order valence-electron chi connectivity index (χ4n) is 2.42. The number of carbonyl (C=O) groups excluding carboxylic acids is 1. The van der Waals surface area contributed by atoms with Gasteiger partial charge in [-0.25, -0.2) is 0 Å². The van der Waals surface area contributed by atoms with Crippen molar-refractivity contribution in [2.24, 2.45) is 0 Å². The maximum atomic E-state index is 12.1. The van der Waals surface area contributed by atoms with Crippen LogP contribution in [-0.4, -0.2) is 27.7 Å². The fraction of sp³-hybridized carbons (Fsp3) is 0.615. The summed E-state index contributed by atoms with van der Waals surface area (Å²) in [4.78, 5) is 12.1. The zero-order chi connectivity index (χ0) is 12.3. The molecule has 0 radical (unpaired) electrons. The third-order valence-electron chi connectivity index (χ3n) is 3.45. The fourth-order valence-corrected chi connectivity index (χ4v) is 2.42. The van der Waals surface area contributed by atoms with Gasteiger partial charge >= 0.3 is 0 Å². The zero-order valence-corrected chi connectivity index (χ0v) is 10.2. The largest absolute Gasteiger partial charge is 0.391 e. The summed E-state index contributed by atoms with van der Waals surface area (Å²) in [7, 11) is 0. The Morgan fingerprint density at radius 3 is 3.00 bits per heavy atom. The van der Waals surface area contributed by atoms with Gasteiger partial charge in [0.1, 0.15) is 5.69 Å². The molecule has 94 valence electrons. The predicted octanol–water partition coefficient (Wildman–Crippen LogP) is 1.54. The van der Waals surface area contributed by atoms with Crippen molar-refractivity contribution in [3.8, 4) is 0 Å². The average molecular weight is 236 g/mol. The van der Waals surface area contributed by atoms with E-state index in [0.717, 1.165) is 32.2 Å². The molecule has 1 heterocycles. The highest BCUT2D eigenvalue weighted by Crippen LogP contribution is 2.18. The van der Waals surface area contributed by atoms with E-state index < -0.39 is 6.10 Å². The number of nitrogens with zero attached hydrogens (tertiary/aromatic N) is 1. The van der Waals surface area contributed by atoms with Crippen LogP contribution in [0.1, 0.15) is 43.1 Å². The highest BCUT2D eigenvalue weighted by molar-refractivity contribution is 5.93. The predicted molar refractivity (Wildman–Crippen MR) is 65.8 cm³/mol. The Labute approximate surface area is 102 Å². The molecule has 17 heavy (non-hydrogen) atoms. The molecular weight excluding hydrogens is 216 g/mol. The molecule has 0 aromatic carbocycles. The topological polar surface area (TPSA) is 54.3 Å². The molecule has 1 aliphatic carbocycles. The van der Waals surface area contributed by atoms with Gasteiger partial charge in [0.15, 0.2) is 0 Å². The lowest BCUT2D eigenvalue weighted by Crippen LogP contribution is -2.45. The number of hydrogen-bond donors (Lipinski definition) is 2. The van der Waals surface area contributed by atoms with Crippen molar-refractivity contribution in [2.75, 3.05) is 0 Å². The van der Waals surface area contributed by atoms with Crippen molar-refractivity contribution in [3.63, 3.8) is 0 Å². The molecular formula is C13H20N2O2. The van der Waals surface area contributed by atoms with Gasteiger partial charge in [-0.2, -0.15) is 0 Å². The van der Waals surface area contributed by atoms with E-state index in [-0.39, 0.29) is 11.9 Å². The Morgan fingerprint density at radius 1 is 1.53 bits per heavy atom. The molecule has 1 saturated carbocycles. The summed E-state index contributed by atoms with van der Waals surface area (Å²) in [5, 5.41) is 12.8. The summed E-state index contributed by atoms with van der Waals surface area (Å²) >= 11 is 0. The smallest absolute Gasteiger partial charge is 0.268 e. The molecule has 2 N–H and O–H groups in total. The van der Waals surface area contributed by atoms with Gasteiger partial charge in [-0.1, -0.05) is 12.8 Å². The second kappa shape index (κ2) is 5.36. The molecule has 0 unspecified atom stereocenters. The molecule has 4 heteroatoms. The molecule has 0 spiro atoms. The molecule has 1 aromatic rings. The van der Waals surface area contributed by atoms with Crippen LogP contribution < -0.4 is 5.32 Å². The second-order valence-corrected chi connectivity index (χ2v) is 4.61. The van der Waals surface area contributed by atoms with Crippen LogP contribution in [0.25, 0.3) is 0 Å². The van der Waals surface area contributed by atoms with Crippen molar-refractivity contribution >= 4 is 5.91 Å². The molecule has 1 amide bonds. The summed E-state index contributed by atoms with van der Waals surface area (Å²) in [6, 6.07) is 3.60. The van der Waals surface area contributed by atoms with Gasteiger partial charge in [0.05, 0.1) is 12.1 Å². The first-order valence-corrected chi connectivity index (χ1v) is 6.36. The summed E-state index contributed by atoms with van der Waals surface area (Å²) in [5.41, 5.74) is 0.672. The van der Waals surface area contributed by atoms with E-state index in [1.54, 1.807) is 0 Å².